The molecule has 0 N–H and O–H groups in total. The molecule has 38 heavy (non-hydrogen) atoms. The third-order valence-corrected chi connectivity index (χ3v) is 9.85. The van der Waals surface area contributed by atoms with E-state index in [1.165, 1.54) is 64.2 Å². The fraction of sp³-hybridized carbons (Fsp3) is 0.806. The van der Waals surface area contributed by atoms with Gasteiger partial charge >= 0.3 is 6.11 Å². The van der Waals surface area contributed by atoms with Gasteiger partial charge in [0.15, 0.2) is 11.6 Å². The molecule has 0 spiro atoms. The second-order valence-corrected chi connectivity index (χ2v) is 12.0. The molecule has 0 atom stereocenters. The normalized spacial score (nSPS) is 30.8. The lowest BCUT2D eigenvalue weighted by Crippen LogP contribution is -2.39. The highest BCUT2D eigenvalue weighted by molar-refractivity contribution is 5.43. The first-order valence-electron chi connectivity index (χ1n) is 15.0. The Bertz CT molecular complexity index is 867. The van der Waals surface area contributed by atoms with E-state index in [1.54, 1.807) is 6.92 Å². The first kappa shape index (κ1) is 29.5. The maximum absolute atomic E-state index is 15.1. The van der Waals surface area contributed by atoms with Crippen molar-refractivity contribution in [1.82, 2.24) is 0 Å². The van der Waals surface area contributed by atoms with Crippen molar-refractivity contribution < 1.29 is 31.4 Å². The Hall–Kier alpha value is -1.53. The molecule has 0 heterocycles. The molecule has 3 fully saturated rings. The van der Waals surface area contributed by atoms with Gasteiger partial charge in [-0.2, -0.15) is 8.78 Å². The summed E-state index contributed by atoms with van der Waals surface area (Å²) in [6.07, 6.45) is 8.22. The Labute approximate surface area is 225 Å². The van der Waals surface area contributed by atoms with Crippen LogP contribution in [0.25, 0.3) is 0 Å². The lowest BCUT2D eigenvalue weighted by Gasteiger charge is -2.42. The van der Waals surface area contributed by atoms with Crippen molar-refractivity contribution in [2.45, 2.75) is 116 Å². The summed E-state index contributed by atoms with van der Waals surface area (Å²) in [5, 5.41) is 0. The van der Waals surface area contributed by atoms with Gasteiger partial charge in [0.1, 0.15) is 5.75 Å². The number of alkyl halides is 4. The second-order valence-electron chi connectivity index (χ2n) is 12.0. The van der Waals surface area contributed by atoms with Gasteiger partial charge in [-0.1, -0.05) is 32.6 Å². The third-order valence-electron chi connectivity index (χ3n) is 9.85. The zero-order valence-electron chi connectivity index (χ0n) is 23.0. The van der Waals surface area contributed by atoms with Gasteiger partial charge < -0.3 is 9.47 Å². The SMILES string of the molecule is CCCC1CCC(C2CCC(C3CCC(C(F)(F)Oc4ccc(OCC)c(F)c4C(F)F)CC3)CC2)CC1. The summed E-state index contributed by atoms with van der Waals surface area (Å²) < 4.78 is 81.7. The molecule has 3 aliphatic rings. The summed E-state index contributed by atoms with van der Waals surface area (Å²) >= 11 is 0. The predicted molar refractivity (Wildman–Crippen MR) is 139 cm³/mol. The second kappa shape index (κ2) is 13.2. The van der Waals surface area contributed by atoms with Crippen LogP contribution in [0.1, 0.15) is 116 Å². The standard InChI is InChI=1S/C31H45F5O2/c1-3-5-20-6-8-21(9-7-20)22-10-12-23(13-11-22)24-14-16-25(17-15-24)31(35,36)38-26-18-19-27(37-4-2)29(32)28(26)30(33)34/h18-25,30H,3-17H2,1-2H3. The van der Waals surface area contributed by atoms with Gasteiger partial charge in [0.05, 0.1) is 18.1 Å². The third kappa shape index (κ3) is 6.96. The Morgan fingerprint density at radius 1 is 0.763 bits per heavy atom. The predicted octanol–water partition coefficient (Wildman–Crippen LogP) is 10.4. The smallest absolute Gasteiger partial charge is 0.400 e. The highest BCUT2D eigenvalue weighted by Gasteiger charge is 2.46. The summed E-state index contributed by atoms with van der Waals surface area (Å²) in [4.78, 5) is 0. The van der Waals surface area contributed by atoms with Crippen LogP contribution >= 0.6 is 0 Å². The topological polar surface area (TPSA) is 18.5 Å². The van der Waals surface area contributed by atoms with Crippen LogP contribution in [-0.4, -0.2) is 12.7 Å². The van der Waals surface area contributed by atoms with E-state index in [1.807, 2.05) is 0 Å². The number of rotatable bonds is 10. The van der Waals surface area contributed by atoms with Crippen LogP contribution in [-0.2, 0) is 0 Å². The lowest BCUT2D eigenvalue weighted by atomic mass is 9.65. The lowest BCUT2D eigenvalue weighted by molar-refractivity contribution is -0.225. The summed E-state index contributed by atoms with van der Waals surface area (Å²) in [6.45, 7) is 3.93. The average molecular weight is 545 g/mol. The van der Waals surface area contributed by atoms with Crippen LogP contribution < -0.4 is 9.47 Å². The van der Waals surface area contributed by atoms with E-state index < -0.39 is 41.3 Å². The molecular weight excluding hydrogens is 499 g/mol. The van der Waals surface area contributed by atoms with Crippen molar-refractivity contribution in [2.24, 2.45) is 35.5 Å². The first-order valence-corrected chi connectivity index (χ1v) is 15.0. The molecule has 0 aromatic heterocycles. The molecule has 0 aliphatic heterocycles. The fourth-order valence-electron chi connectivity index (χ4n) is 7.72. The Kier molecular flexibility index (Phi) is 10.2. The molecule has 3 saturated carbocycles. The van der Waals surface area contributed by atoms with Gasteiger partial charge in [-0.05, 0) is 113 Å². The zero-order valence-corrected chi connectivity index (χ0v) is 23.0. The largest absolute Gasteiger partial charge is 0.491 e. The molecule has 7 heteroatoms. The minimum absolute atomic E-state index is 0.0703. The molecule has 0 saturated heterocycles. The van der Waals surface area contributed by atoms with Crippen LogP contribution in [0.3, 0.4) is 0 Å². The molecular formula is C31H45F5O2. The molecule has 0 bridgehead atoms. The molecule has 4 rings (SSSR count). The average Bonchev–Trinajstić information content (AvgIpc) is 2.91. The number of hydrogen-bond donors (Lipinski definition) is 0. The highest BCUT2D eigenvalue weighted by Crippen LogP contribution is 2.49. The van der Waals surface area contributed by atoms with Crippen molar-refractivity contribution in [1.29, 1.82) is 0 Å². The highest BCUT2D eigenvalue weighted by atomic mass is 19.3. The van der Waals surface area contributed by atoms with E-state index in [9.17, 15) is 13.2 Å². The van der Waals surface area contributed by atoms with Gasteiger partial charge in [0.2, 0.25) is 0 Å². The number of benzene rings is 1. The van der Waals surface area contributed by atoms with Gasteiger partial charge in [0.25, 0.3) is 6.43 Å². The van der Waals surface area contributed by atoms with Gasteiger partial charge in [0, 0.05) is 0 Å². The Morgan fingerprint density at radius 2 is 1.24 bits per heavy atom. The van der Waals surface area contributed by atoms with Crippen molar-refractivity contribution >= 4 is 0 Å². The number of hydrogen-bond acceptors (Lipinski definition) is 2. The van der Waals surface area contributed by atoms with Gasteiger partial charge in [-0.3, -0.25) is 0 Å². The quantitative estimate of drug-likeness (QED) is 0.273. The van der Waals surface area contributed by atoms with Crippen LogP contribution in [0.2, 0.25) is 0 Å². The molecule has 1 aromatic carbocycles. The summed E-state index contributed by atoms with van der Waals surface area (Å²) in [7, 11) is 0. The van der Waals surface area contributed by atoms with Crippen molar-refractivity contribution in [3.8, 4) is 11.5 Å². The molecule has 0 radical (unpaired) electrons. The van der Waals surface area contributed by atoms with E-state index in [-0.39, 0.29) is 6.61 Å². The Morgan fingerprint density at radius 3 is 1.71 bits per heavy atom. The zero-order chi connectivity index (χ0) is 27.3. The van der Waals surface area contributed by atoms with Crippen LogP contribution in [0.15, 0.2) is 12.1 Å². The fourth-order valence-corrected chi connectivity index (χ4v) is 7.72. The molecule has 1 aromatic rings. The first-order chi connectivity index (χ1) is 18.2. The van der Waals surface area contributed by atoms with Gasteiger partial charge in [-0.15, -0.1) is 0 Å². The molecule has 2 nitrogen and oxygen atoms in total. The van der Waals surface area contributed by atoms with Crippen LogP contribution in [0.5, 0.6) is 11.5 Å². The van der Waals surface area contributed by atoms with Crippen molar-refractivity contribution in [3.63, 3.8) is 0 Å². The van der Waals surface area contributed by atoms with E-state index >= 15 is 8.78 Å². The van der Waals surface area contributed by atoms with Crippen LogP contribution in [0, 0.1) is 41.3 Å². The van der Waals surface area contributed by atoms with E-state index in [4.69, 9.17) is 9.47 Å². The summed E-state index contributed by atoms with van der Waals surface area (Å²) in [5.74, 6) is 0.0830. The molecule has 216 valence electrons. The molecule has 3 aliphatic carbocycles. The minimum Gasteiger partial charge on any atom is -0.491 e. The number of halogens is 5. The number of ether oxygens (including phenoxy) is 2. The van der Waals surface area contributed by atoms with Crippen molar-refractivity contribution in [3.05, 3.63) is 23.5 Å². The van der Waals surface area contributed by atoms with Crippen LogP contribution in [0.4, 0.5) is 22.0 Å². The van der Waals surface area contributed by atoms with E-state index in [0.29, 0.717) is 37.5 Å². The molecule has 0 amide bonds. The Balaban J connectivity index is 1.27. The van der Waals surface area contributed by atoms with E-state index in [0.717, 1.165) is 29.9 Å². The van der Waals surface area contributed by atoms with E-state index in [2.05, 4.69) is 6.92 Å². The monoisotopic (exact) mass is 544 g/mol. The maximum Gasteiger partial charge on any atom is 0.400 e. The van der Waals surface area contributed by atoms with Gasteiger partial charge in [-0.25, -0.2) is 13.2 Å². The summed E-state index contributed by atoms with van der Waals surface area (Å²) in [6, 6.07) is 2.03. The maximum atomic E-state index is 15.1. The van der Waals surface area contributed by atoms with Crippen molar-refractivity contribution in [2.75, 3.05) is 6.61 Å². The molecule has 0 unspecified atom stereocenters. The summed E-state index contributed by atoms with van der Waals surface area (Å²) in [5.41, 5.74) is -1.17. The minimum atomic E-state index is -3.64.